The number of rotatable bonds is 3. The fourth-order valence-electron chi connectivity index (χ4n) is 1.66. The van der Waals surface area contributed by atoms with Gasteiger partial charge in [-0.25, -0.2) is 0 Å². The van der Waals surface area contributed by atoms with E-state index in [-0.39, 0.29) is 18.0 Å². The maximum Gasteiger partial charge on any atom is 0.251 e. The molecule has 0 aromatic heterocycles. The molecule has 5 heteroatoms. The van der Waals surface area contributed by atoms with Gasteiger partial charge < -0.3 is 0 Å². The summed E-state index contributed by atoms with van der Waals surface area (Å²) in [7, 11) is 0. The molecule has 0 unspecified atom stereocenters. The molecule has 0 radical (unpaired) electrons. The number of carbonyl (C=O) groups is 3. The summed E-state index contributed by atoms with van der Waals surface area (Å²) in [6.07, 6.45) is 2.32. The van der Waals surface area contributed by atoms with Crippen molar-refractivity contribution < 1.29 is 14.4 Å². The molecule has 1 aliphatic heterocycles. The van der Waals surface area contributed by atoms with Gasteiger partial charge in [0, 0.05) is 16.7 Å². The molecule has 1 aromatic rings. The Morgan fingerprint density at radius 1 is 1.16 bits per heavy atom. The molecule has 0 saturated heterocycles. The van der Waals surface area contributed by atoms with Crippen molar-refractivity contribution in [3.8, 4) is 0 Å². The molecule has 0 bridgehead atoms. The van der Waals surface area contributed by atoms with Crippen LogP contribution in [0, 0.1) is 0 Å². The topological polar surface area (TPSA) is 54.5 Å². The second-order valence-corrected chi connectivity index (χ2v) is 4.44. The molecule has 19 heavy (non-hydrogen) atoms. The lowest BCUT2D eigenvalue weighted by atomic mass is 10.1. The van der Waals surface area contributed by atoms with Gasteiger partial charge in [0.15, 0.2) is 5.78 Å². The zero-order chi connectivity index (χ0) is 14.0. The van der Waals surface area contributed by atoms with Crippen LogP contribution in [0.25, 0.3) is 0 Å². The summed E-state index contributed by atoms with van der Waals surface area (Å²) in [5.74, 6) is -1.08. The Bertz CT molecular complexity index is 602. The largest absolute Gasteiger partial charge is 0.298 e. The Labute approximate surface area is 115 Å². The first-order valence-corrected chi connectivity index (χ1v) is 5.88. The van der Waals surface area contributed by atoms with Crippen LogP contribution in [0.2, 0.25) is 5.02 Å². The van der Waals surface area contributed by atoms with Crippen LogP contribution in [-0.2, 0) is 9.59 Å². The summed E-state index contributed by atoms with van der Waals surface area (Å²) in [4.78, 5) is 36.1. The van der Waals surface area contributed by atoms with E-state index in [2.05, 4.69) is 6.58 Å². The molecule has 0 N–H and O–H groups in total. The first kappa shape index (κ1) is 13.2. The van der Waals surface area contributed by atoms with Gasteiger partial charge in [-0.1, -0.05) is 18.2 Å². The lowest BCUT2D eigenvalue weighted by Crippen LogP contribution is -2.38. The number of amides is 1. The smallest absolute Gasteiger partial charge is 0.251 e. The van der Waals surface area contributed by atoms with Gasteiger partial charge in [-0.15, -0.1) is 0 Å². The number of benzene rings is 1. The van der Waals surface area contributed by atoms with Crippen molar-refractivity contribution in [2.24, 2.45) is 0 Å². The maximum absolute atomic E-state index is 12.1. The molecule has 1 aliphatic rings. The van der Waals surface area contributed by atoms with Gasteiger partial charge in [-0.05, 0) is 30.3 Å². The van der Waals surface area contributed by atoms with E-state index >= 15 is 0 Å². The molecule has 1 aromatic carbocycles. The fraction of sp³-hybridized carbons (Fsp3) is 0.0714. The monoisotopic (exact) mass is 275 g/mol. The fourth-order valence-corrected chi connectivity index (χ4v) is 1.79. The van der Waals surface area contributed by atoms with Gasteiger partial charge >= 0.3 is 0 Å². The van der Waals surface area contributed by atoms with E-state index < -0.39 is 11.7 Å². The van der Waals surface area contributed by atoms with Crippen LogP contribution in [0.4, 0.5) is 0 Å². The van der Waals surface area contributed by atoms with Gasteiger partial charge in [0.1, 0.15) is 0 Å². The van der Waals surface area contributed by atoms with Crippen LogP contribution in [0.15, 0.2) is 48.7 Å². The number of halogens is 1. The molecule has 0 fully saturated rings. The molecule has 0 aliphatic carbocycles. The van der Waals surface area contributed by atoms with Crippen LogP contribution < -0.4 is 0 Å². The van der Waals surface area contributed by atoms with Crippen LogP contribution in [0.1, 0.15) is 10.4 Å². The Kier molecular flexibility index (Phi) is 3.62. The minimum Gasteiger partial charge on any atom is -0.298 e. The van der Waals surface area contributed by atoms with Crippen molar-refractivity contribution in [2.75, 3.05) is 6.54 Å². The Morgan fingerprint density at radius 3 is 2.42 bits per heavy atom. The van der Waals surface area contributed by atoms with E-state index in [0.29, 0.717) is 10.6 Å². The van der Waals surface area contributed by atoms with E-state index in [9.17, 15) is 14.4 Å². The minimum atomic E-state index is -0.424. The average molecular weight is 276 g/mol. The highest BCUT2D eigenvalue weighted by Crippen LogP contribution is 2.16. The van der Waals surface area contributed by atoms with E-state index in [0.717, 1.165) is 11.0 Å². The second kappa shape index (κ2) is 5.20. The third-order valence-corrected chi connectivity index (χ3v) is 2.94. The number of Topliss-reactive ketones (excluding diaryl/α,β-unsaturated/α-hetero) is 1. The van der Waals surface area contributed by atoms with E-state index in [1.807, 2.05) is 0 Å². The predicted molar refractivity (Wildman–Crippen MR) is 70.8 cm³/mol. The van der Waals surface area contributed by atoms with E-state index in [1.54, 1.807) is 24.3 Å². The summed E-state index contributed by atoms with van der Waals surface area (Å²) >= 11 is 5.73. The summed E-state index contributed by atoms with van der Waals surface area (Å²) < 4.78 is 0. The Hall–Kier alpha value is -2.20. The standard InChI is InChI=1S/C14H10ClNO3/c1-9(16-8-12(17)6-7-13(16)18)14(19)10-2-4-11(15)5-3-10/h2-7H,1,8H2. The number of hydrogen-bond donors (Lipinski definition) is 0. The Balaban J connectivity index is 2.22. The average Bonchev–Trinajstić information content (AvgIpc) is 2.41. The molecule has 0 spiro atoms. The molecule has 96 valence electrons. The highest BCUT2D eigenvalue weighted by Gasteiger charge is 2.25. The number of hydrogen-bond acceptors (Lipinski definition) is 3. The van der Waals surface area contributed by atoms with Gasteiger partial charge in [-0.3, -0.25) is 19.3 Å². The van der Waals surface area contributed by atoms with Crippen molar-refractivity contribution in [3.05, 3.63) is 59.3 Å². The number of carbonyl (C=O) groups excluding carboxylic acids is 3. The lowest BCUT2D eigenvalue weighted by molar-refractivity contribution is -0.129. The molecule has 1 amide bonds. The molecule has 0 atom stereocenters. The summed E-state index contributed by atoms with van der Waals surface area (Å²) in [6, 6.07) is 6.24. The Morgan fingerprint density at radius 2 is 1.79 bits per heavy atom. The first-order chi connectivity index (χ1) is 8.99. The minimum absolute atomic E-state index is 0.0231. The van der Waals surface area contributed by atoms with Crippen molar-refractivity contribution >= 4 is 29.1 Å². The molecular formula is C14H10ClNO3. The van der Waals surface area contributed by atoms with Crippen LogP contribution in [-0.4, -0.2) is 28.9 Å². The quantitative estimate of drug-likeness (QED) is 0.626. The van der Waals surface area contributed by atoms with Gasteiger partial charge in [0.2, 0.25) is 5.78 Å². The molecule has 4 nitrogen and oxygen atoms in total. The number of allylic oxidation sites excluding steroid dienone is 1. The van der Waals surface area contributed by atoms with E-state index in [1.165, 1.54) is 6.08 Å². The van der Waals surface area contributed by atoms with E-state index in [4.69, 9.17) is 11.6 Å². The number of ketones is 2. The molecule has 1 heterocycles. The zero-order valence-electron chi connectivity index (χ0n) is 9.93. The van der Waals surface area contributed by atoms with Crippen LogP contribution in [0.5, 0.6) is 0 Å². The number of nitrogens with zero attached hydrogens (tertiary/aromatic N) is 1. The van der Waals surface area contributed by atoms with Crippen LogP contribution >= 0.6 is 11.6 Å². The lowest BCUT2D eigenvalue weighted by Gasteiger charge is -2.23. The normalized spacial score (nSPS) is 14.7. The molecule has 0 saturated carbocycles. The van der Waals surface area contributed by atoms with Crippen molar-refractivity contribution in [1.29, 1.82) is 0 Å². The first-order valence-electron chi connectivity index (χ1n) is 5.50. The summed E-state index contributed by atoms with van der Waals surface area (Å²) in [5.41, 5.74) is 0.342. The van der Waals surface area contributed by atoms with Crippen LogP contribution in [0.3, 0.4) is 0 Å². The molecular weight excluding hydrogens is 266 g/mol. The second-order valence-electron chi connectivity index (χ2n) is 4.01. The van der Waals surface area contributed by atoms with Crippen molar-refractivity contribution in [1.82, 2.24) is 4.90 Å². The third kappa shape index (κ3) is 2.80. The van der Waals surface area contributed by atoms with Gasteiger partial charge in [0.25, 0.3) is 5.91 Å². The highest BCUT2D eigenvalue weighted by molar-refractivity contribution is 6.30. The predicted octanol–water partition coefficient (Wildman–Crippen LogP) is 2.00. The summed E-state index contributed by atoms with van der Waals surface area (Å²) in [6.45, 7) is 3.44. The zero-order valence-corrected chi connectivity index (χ0v) is 10.7. The third-order valence-electron chi connectivity index (χ3n) is 2.69. The summed E-state index contributed by atoms with van der Waals surface area (Å²) in [5, 5.41) is 0.509. The van der Waals surface area contributed by atoms with Crippen molar-refractivity contribution in [3.63, 3.8) is 0 Å². The van der Waals surface area contributed by atoms with Gasteiger partial charge in [0.05, 0.1) is 12.2 Å². The molecule has 2 rings (SSSR count). The van der Waals surface area contributed by atoms with Crippen molar-refractivity contribution in [2.45, 2.75) is 0 Å². The highest BCUT2D eigenvalue weighted by atomic mass is 35.5. The maximum atomic E-state index is 12.1. The SMILES string of the molecule is C=C(C(=O)c1ccc(Cl)cc1)N1CC(=O)C=CC1=O. The van der Waals surface area contributed by atoms with Gasteiger partial charge in [-0.2, -0.15) is 0 Å².